The second kappa shape index (κ2) is 6.57. The minimum atomic E-state index is -0.615. The molecule has 104 valence electrons. The van der Waals surface area contributed by atoms with Crippen molar-refractivity contribution in [3.05, 3.63) is 34.9 Å². The molecule has 1 amide bonds. The number of nitrogens with one attached hydrogen (secondary N) is 1. The third kappa shape index (κ3) is 6.25. The van der Waals surface area contributed by atoms with Gasteiger partial charge in [-0.2, -0.15) is 0 Å². The van der Waals surface area contributed by atoms with Crippen molar-refractivity contribution in [3.8, 4) is 0 Å². The van der Waals surface area contributed by atoms with Gasteiger partial charge in [0.05, 0.1) is 6.04 Å². The van der Waals surface area contributed by atoms with Crippen LogP contribution in [0.15, 0.2) is 24.3 Å². The maximum absolute atomic E-state index is 11.6. The number of amides is 1. The summed E-state index contributed by atoms with van der Waals surface area (Å²) < 4.78 is 5.10. The van der Waals surface area contributed by atoms with Crippen molar-refractivity contribution in [1.29, 1.82) is 0 Å². The summed E-state index contributed by atoms with van der Waals surface area (Å²) in [5.74, 6) is 0. The molecule has 1 unspecified atom stereocenters. The van der Waals surface area contributed by atoms with E-state index in [0.717, 1.165) is 5.56 Å². The Hall–Kier alpha value is -1.55. The molecule has 0 fully saturated rings. The molecule has 0 saturated heterocycles. The Balaban J connectivity index is 2.57. The molecule has 0 spiro atoms. The highest BCUT2D eigenvalue weighted by molar-refractivity contribution is 6.30. The first-order valence-corrected chi connectivity index (χ1v) is 6.37. The Kier molecular flexibility index (Phi) is 5.36. The van der Waals surface area contributed by atoms with Crippen LogP contribution in [0.1, 0.15) is 26.3 Å². The number of rotatable bonds is 4. The van der Waals surface area contributed by atoms with E-state index in [1.165, 1.54) is 0 Å². The molecule has 1 rings (SSSR count). The third-order valence-corrected chi connectivity index (χ3v) is 2.49. The molecule has 1 atom stereocenters. The molecule has 1 aromatic carbocycles. The fourth-order valence-electron chi connectivity index (χ4n) is 1.47. The third-order valence-electron chi connectivity index (χ3n) is 2.24. The summed E-state index contributed by atoms with van der Waals surface area (Å²) in [6.45, 7) is 5.30. The summed E-state index contributed by atoms with van der Waals surface area (Å²) in [5, 5.41) is 3.16. The lowest BCUT2D eigenvalue weighted by Crippen LogP contribution is -2.41. The van der Waals surface area contributed by atoms with Crippen LogP contribution in [0.2, 0.25) is 5.02 Å². The van der Waals surface area contributed by atoms with Crippen molar-refractivity contribution in [2.24, 2.45) is 0 Å². The smallest absolute Gasteiger partial charge is 0.408 e. The van der Waals surface area contributed by atoms with Crippen LogP contribution in [0.4, 0.5) is 4.79 Å². The number of carbonyl (C=O) groups excluding carboxylic acids is 2. The van der Waals surface area contributed by atoms with E-state index in [1.807, 2.05) is 12.1 Å². The first-order valence-electron chi connectivity index (χ1n) is 5.99. The van der Waals surface area contributed by atoms with Crippen LogP contribution >= 0.6 is 11.6 Å². The average Bonchev–Trinajstić information content (AvgIpc) is 2.28. The summed E-state index contributed by atoms with van der Waals surface area (Å²) in [4.78, 5) is 22.5. The summed E-state index contributed by atoms with van der Waals surface area (Å²) in [7, 11) is 0. The van der Waals surface area contributed by atoms with Gasteiger partial charge in [-0.1, -0.05) is 23.7 Å². The van der Waals surface area contributed by atoms with Gasteiger partial charge in [0, 0.05) is 5.02 Å². The normalized spacial score (nSPS) is 12.6. The summed E-state index contributed by atoms with van der Waals surface area (Å²) in [6, 6.07) is 6.50. The van der Waals surface area contributed by atoms with Gasteiger partial charge in [0.25, 0.3) is 0 Å². The number of carbonyl (C=O) groups is 2. The Morgan fingerprint density at radius 2 is 1.95 bits per heavy atom. The van der Waals surface area contributed by atoms with Crippen LogP contribution in [0.5, 0.6) is 0 Å². The van der Waals surface area contributed by atoms with Crippen LogP contribution in [-0.4, -0.2) is 24.0 Å². The fourth-order valence-corrected chi connectivity index (χ4v) is 1.59. The molecule has 0 heterocycles. The molecule has 1 N–H and O–H groups in total. The molecule has 0 aromatic heterocycles. The van der Waals surface area contributed by atoms with Crippen molar-refractivity contribution in [1.82, 2.24) is 5.32 Å². The zero-order valence-electron chi connectivity index (χ0n) is 11.3. The molecule has 0 radical (unpaired) electrons. The van der Waals surface area contributed by atoms with Crippen LogP contribution in [0.25, 0.3) is 0 Å². The van der Waals surface area contributed by atoms with Gasteiger partial charge in [-0.3, -0.25) is 0 Å². The molecule has 0 saturated carbocycles. The number of benzene rings is 1. The van der Waals surface area contributed by atoms with Gasteiger partial charge in [-0.05, 0) is 44.9 Å². The van der Waals surface area contributed by atoms with E-state index in [0.29, 0.717) is 17.7 Å². The highest BCUT2D eigenvalue weighted by atomic mass is 35.5. The van der Waals surface area contributed by atoms with Gasteiger partial charge >= 0.3 is 6.09 Å². The van der Waals surface area contributed by atoms with E-state index in [1.54, 1.807) is 32.9 Å². The Labute approximate surface area is 118 Å². The molecule has 5 heteroatoms. The number of hydrogen-bond donors (Lipinski definition) is 1. The minimum Gasteiger partial charge on any atom is -0.444 e. The SMILES string of the molecule is CC(C)(C)OC(=O)NC(C=O)Cc1ccc(Cl)cc1. The number of hydrogen-bond acceptors (Lipinski definition) is 3. The lowest BCUT2D eigenvalue weighted by molar-refractivity contribution is -0.109. The van der Waals surface area contributed by atoms with E-state index in [-0.39, 0.29) is 0 Å². The predicted molar refractivity (Wildman–Crippen MR) is 74.4 cm³/mol. The van der Waals surface area contributed by atoms with Gasteiger partial charge < -0.3 is 14.8 Å². The molecule has 0 aliphatic heterocycles. The van der Waals surface area contributed by atoms with Crippen molar-refractivity contribution in [2.75, 3.05) is 0 Å². The van der Waals surface area contributed by atoms with Gasteiger partial charge in [0.2, 0.25) is 0 Å². The lowest BCUT2D eigenvalue weighted by atomic mass is 10.1. The maximum Gasteiger partial charge on any atom is 0.408 e. The van der Waals surface area contributed by atoms with E-state index in [4.69, 9.17) is 16.3 Å². The van der Waals surface area contributed by atoms with Crippen LogP contribution < -0.4 is 5.32 Å². The molecule has 4 nitrogen and oxygen atoms in total. The van der Waals surface area contributed by atoms with Crippen molar-refractivity contribution < 1.29 is 14.3 Å². The summed E-state index contributed by atoms with van der Waals surface area (Å²) in [5.41, 5.74) is 0.329. The molecule has 0 aliphatic rings. The first kappa shape index (κ1) is 15.5. The van der Waals surface area contributed by atoms with Crippen molar-refractivity contribution >= 4 is 24.0 Å². The summed E-state index contributed by atoms with van der Waals surface area (Å²) >= 11 is 5.78. The van der Waals surface area contributed by atoms with E-state index >= 15 is 0 Å². The highest BCUT2D eigenvalue weighted by Crippen LogP contribution is 2.11. The second-order valence-electron chi connectivity index (χ2n) is 5.22. The first-order chi connectivity index (χ1) is 8.80. The number of halogens is 1. The quantitative estimate of drug-likeness (QED) is 0.864. The number of alkyl carbamates (subject to hydrolysis) is 1. The Bertz CT molecular complexity index is 437. The molecular weight excluding hydrogens is 266 g/mol. The summed E-state index contributed by atoms with van der Waals surface area (Å²) in [6.07, 6.45) is 0.497. The van der Waals surface area contributed by atoms with Gasteiger partial charge in [0.15, 0.2) is 0 Å². The highest BCUT2D eigenvalue weighted by Gasteiger charge is 2.19. The van der Waals surface area contributed by atoms with E-state index in [9.17, 15) is 9.59 Å². The molecule has 0 aliphatic carbocycles. The zero-order chi connectivity index (χ0) is 14.5. The molecule has 19 heavy (non-hydrogen) atoms. The average molecular weight is 284 g/mol. The maximum atomic E-state index is 11.6. The molecule has 1 aromatic rings. The second-order valence-corrected chi connectivity index (χ2v) is 5.66. The molecule has 0 bridgehead atoms. The van der Waals surface area contributed by atoms with Crippen LogP contribution in [0.3, 0.4) is 0 Å². The zero-order valence-corrected chi connectivity index (χ0v) is 12.0. The number of aldehydes is 1. The van der Waals surface area contributed by atoms with Crippen molar-refractivity contribution in [3.63, 3.8) is 0 Å². The van der Waals surface area contributed by atoms with E-state index in [2.05, 4.69) is 5.32 Å². The topological polar surface area (TPSA) is 55.4 Å². The van der Waals surface area contributed by atoms with Gasteiger partial charge in [-0.25, -0.2) is 4.79 Å². The predicted octanol–water partition coefficient (Wildman–Crippen LogP) is 2.97. The lowest BCUT2D eigenvalue weighted by Gasteiger charge is -2.21. The number of ether oxygens (including phenoxy) is 1. The van der Waals surface area contributed by atoms with E-state index < -0.39 is 17.7 Å². The monoisotopic (exact) mass is 283 g/mol. The standard InChI is InChI=1S/C14H18ClNO3/c1-14(2,3)19-13(18)16-12(9-17)8-10-4-6-11(15)7-5-10/h4-7,9,12H,8H2,1-3H3,(H,16,18). The van der Waals surface area contributed by atoms with Crippen molar-refractivity contribution in [2.45, 2.75) is 38.8 Å². The Morgan fingerprint density at radius 3 is 2.42 bits per heavy atom. The fraction of sp³-hybridized carbons (Fsp3) is 0.429. The van der Waals surface area contributed by atoms with Crippen LogP contribution in [-0.2, 0) is 16.0 Å². The molecular formula is C14H18ClNO3. The largest absolute Gasteiger partial charge is 0.444 e. The Morgan fingerprint density at radius 1 is 1.37 bits per heavy atom. The van der Waals surface area contributed by atoms with Gasteiger partial charge in [0.1, 0.15) is 11.9 Å². The van der Waals surface area contributed by atoms with Gasteiger partial charge in [-0.15, -0.1) is 0 Å². The van der Waals surface area contributed by atoms with Crippen LogP contribution in [0, 0.1) is 0 Å². The minimum absolute atomic E-state index is 0.403.